The van der Waals surface area contributed by atoms with Gasteiger partial charge in [0.25, 0.3) is 0 Å². The lowest BCUT2D eigenvalue weighted by atomic mass is 9.91. The van der Waals surface area contributed by atoms with Crippen molar-refractivity contribution in [2.24, 2.45) is 0 Å². The molecule has 4 nitrogen and oxygen atoms in total. The Balaban J connectivity index is 6.36. The first-order valence-electron chi connectivity index (χ1n) is 6.82. The highest BCUT2D eigenvalue weighted by atomic mass is 19.4. The molecule has 0 amide bonds. The monoisotopic (exact) mass is 516 g/mol. The zero-order valence-electron chi connectivity index (χ0n) is 14.0. The van der Waals surface area contributed by atoms with Crippen LogP contribution < -0.4 is 0 Å². The molecule has 0 aliphatic heterocycles. The predicted molar refractivity (Wildman–Crippen MR) is 63.5 cm³/mol. The van der Waals surface area contributed by atoms with Crippen molar-refractivity contribution in [3.63, 3.8) is 0 Å². The minimum atomic E-state index is -8.63. The quantitative estimate of drug-likeness (QED) is 0.271. The molecule has 0 aliphatic rings. The second-order valence-corrected chi connectivity index (χ2v) is 5.42. The lowest BCUT2D eigenvalue weighted by molar-refractivity contribution is -0.458. The highest BCUT2D eigenvalue weighted by Gasteiger charge is 2.94. The van der Waals surface area contributed by atoms with Crippen LogP contribution in [-0.2, 0) is 14.3 Å². The van der Waals surface area contributed by atoms with E-state index in [4.69, 9.17) is 5.11 Å². The number of ether oxygens (including phenoxy) is 1. The molecule has 0 spiro atoms. The van der Waals surface area contributed by atoms with Crippen molar-refractivity contribution in [3.8, 4) is 0 Å². The molecule has 0 radical (unpaired) electrons. The molecule has 0 rings (SSSR count). The normalized spacial score (nSPS) is 16.2. The van der Waals surface area contributed by atoms with E-state index in [1.54, 1.807) is 0 Å². The van der Waals surface area contributed by atoms with Crippen LogP contribution in [0.2, 0.25) is 0 Å². The third-order valence-corrected chi connectivity index (χ3v) is 3.22. The Kier molecular flexibility index (Phi) is 7.54. The summed E-state index contributed by atoms with van der Waals surface area (Å²) in [4.78, 5) is 20.7. The fourth-order valence-corrected chi connectivity index (χ4v) is 1.48. The van der Waals surface area contributed by atoms with Crippen molar-refractivity contribution in [2.75, 3.05) is 0 Å². The van der Waals surface area contributed by atoms with Gasteiger partial charge >= 0.3 is 60.0 Å². The van der Waals surface area contributed by atoms with Gasteiger partial charge in [0, 0.05) is 12.2 Å². The second-order valence-electron chi connectivity index (χ2n) is 5.42. The molecule has 0 aromatic carbocycles. The molecule has 20 heteroatoms. The Morgan fingerprint density at radius 1 is 0.625 bits per heavy atom. The van der Waals surface area contributed by atoms with E-state index in [0.29, 0.717) is 0 Å². The zero-order chi connectivity index (χ0) is 26.4. The van der Waals surface area contributed by atoms with E-state index in [1.165, 1.54) is 0 Å². The van der Waals surface area contributed by atoms with Crippen molar-refractivity contribution in [3.05, 3.63) is 12.2 Å². The Morgan fingerprint density at radius 2 is 0.969 bits per heavy atom. The van der Waals surface area contributed by atoms with E-state index >= 15 is 0 Å². The van der Waals surface area contributed by atoms with Crippen molar-refractivity contribution in [1.82, 2.24) is 0 Å². The summed E-state index contributed by atoms with van der Waals surface area (Å²) in [7, 11) is 0. The number of halogens is 16. The fraction of sp³-hybridized carbons (Fsp3) is 0.667. The third-order valence-electron chi connectivity index (χ3n) is 3.22. The highest BCUT2D eigenvalue weighted by Crippen LogP contribution is 2.62. The number of rotatable bonds is 9. The van der Waals surface area contributed by atoms with Crippen LogP contribution in [0.3, 0.4) is 0 Å². The maximum absolute atomic E-state index is 13.3. The maximum atomic E-state index is 13.3. The summed E-state index contributed by atoms with van der Waals surface area (Å²) in [6.45, 7) is 0. The van der Waals surface area contributed by atoms with Crippen molar-refractivity contribution in [1.29, 1.82) is 0 Å². The van der Waals surface area contributed by atoms with Crippen molar-refractivity contribution < 1.29 is 89.7 Å². The molecule has 0 bridgehead atoms. The Hall–Kier alpha value is -2.44. The number of alkyl halides is 16. The molecule has 0 saturated heterocycles. The molecule has 0 aromatic rings. The van der Waals surface area contributed by atoms with Gasteiger partial charge < -0.3 is 9.84 Å². The van der Waals surface area contributed by atoms with Crippen LogP contribution in [0.1, 0.15) is 0 Å². The van der Waals surface area contributed by atoms with Crippen molar-refractivity contribution >= 4 is 11.9 Å². The summed E-state index contributed by atoms with van der Waals surface area (Å²) in [5.41, 5.74) is 0. The summed E-state index contributed by atoms with van der Waals surface area (Å²) >= 11 is 0. The van der Waals surface area contributed by atoms with Gasteiger partial charge in [0.15, 0.2) is 0 Å². The summed E-state index contributed by atoms with van der Waals surface area (Å²) in [5.74, 6) is -54.3. The van der Waals surface area contributed by atoms with Crippen molar-refractivity contribution in [2.45, 2.75) is 48.1 Å². The number of carboxylic acids is 1. The molecule has 1 atom stereocenters. The molecule has 188 valence electrons. The van der Waals surface area contributed by atoms with Gasteiger partial charge in [-0.25, -0.2) is 9.59 Å². The standard InChI is InChI=1S/C12H4F16O4/c13-5(32-4(31)2-1-3(29)30)6(14,15)7(16,17)8(18,19)9(20,21)10(22,23)11(24,25)12(26,27)28/h1-2,5H,(H,29,30)/b2-1-. The lowest BCUT2D eigenvalue weighted by Crippen LogP contribution is -2.73. The first-order chi connectivity index (χ1) is 13.7. The fourth-order valence-electron chi connectivity index (χ4n) is 1.48. The smallest absolute Gasteiger partial charge is 0.460 e. The highest BCUT2D eigenvalue weighted by molar-refractivity contribution is 5.90. The number of carbonyl (C=O) groups excluding carboxylic acids is 1. The number of esters is 1. The third kappa shape index (κ3) is 4.39. The minimum absolute atomic E-state index is 0.339. The summed E-state index contributed by atoms with van der Waals surface area (Å²) < 4.78 is 209. The van der Waals surface area contributed by atoms with Crippen LogP contribution in [-0.4, -0.2) is 65.1 Å². The molecule has 0 aliphatic carbocycles. The van der Waals surface area contributed by atoms with Gasteiger partial charge in [-0.1, -0.05) is 0 Å². The number of aliphatic carboxylic acids is 1. The average Bonchev–Trinajstić information content (AvgIpc) is 2.57. The van der Waals surface area contributed by atoms with Crippen LogP contribution in [0.5, 0.6) is 0 Å². The topological polar surface area (TPSA) is 63.6 Å². The van der Waals surface area contributed by atoms with Crippen LogP contribution in [0, 0.1) is 0 Å². The van der Waals surface area contributed by atoms with Crippen LogP contribution in [0.4, 0.5) is 70.2 Å². The summed E-state index contributed by atoms with van der Waals surface area (Å²) in [5, 5.41) is 8.03. The van der Waals surface area contributed by atoms with Crippen LogP contribution >= 0.6 is 0 Å². The van der Waals surface area contributed by atoms with E-state index in [1.807, 2.05) is 0 Å². The Bertz CT molecular complexity index is 753. The molecule has 0 fully saturated rings. The van der Waals surface area contributed by atoms with E-state index in [9.17, 15) is 79.8 Å². The largest absolute Gasteiger partial charge is 0.478 e. The molecular weight excluding hydrogens is 512 g/mol. The van der Waals surface area contributed by atoms with Crippen LogP contribution in [0.15, 0.2) is 12.2 Å². The van der Waals surface area contributed by atoms with Gasteiger partial charge in [0.1, 0.15) is 0 Å². The van der Waals surface area contributed by atoms with E-state index in [0.717, 1.165) is 0 Å². The van der Waals surface area contributed by atoms with Gasteiger partial charge in [-0.05, 0) is 0 Å². The molecule has 32 heavy (non-hydrogen) atoms. The predicted octanol–water partition coefficient (Wildman–Crippen LogP) is 4.84. The molecule has 0 heterocycles. The summed E-state index contributed by atoms with van der Waals surface area (Å²) in [6.07, 6.45) is -14.1. The SMILES string of the molecule is O=C(O)/C=C\C(=O)OC(F)C(F)(F)C(F)(F)C(F)(F)C(F)(F)C(F)(F)C(F)(F)C(F)(F)F. The second kappa shape index (κ2) is 8.16. The molecule has 1 unspecified atom stereocenters. The molecule has 1 N–H and O–H groups in total. The van der Waals surface area contributed by atoms with Crippen LogP contribution in [0.25, 0.3) is 0 Å². The Labute approximate surface area is 163 Å². The van der Waals surface area contributed by atoms with E-state index < -0.39 is 66.1 Å². The van der Waals surface area contributed by atoms with Gasteiger partial charge in [0.05, 0.1) is 0 Å². The maximum Gasteiger partial charge on any atom is 0.460 e. The Morgan fingerprint density at radius 3 is 1.31 bits per heavy atom. The van der Waals surface area contributed by atoms with Gasteiger partial charge in [0.2, 0.25) is 0 Å². The number of hydrogen-bond donors (Lipinski definition) is 1. The molecule has 0 saturated carbocycles. The van der Waals surface area contributed by atoms with Gasteiger partial charge in [-0.15, -0.1) is 0 Å². The molecule has 0 aromatic heterocycles. The number of hydrogen-bond acceptors (Lipinski definition) is 3. The first kappa shape index (κ1) is 29.6. The zero-order valence-corrected chi connectivity index (χ0v) is 14.0. The lowest BCUT2D eigenvalue weighted by Gasteiger charge is -2.41. The minimum Gasteiger partial charge on any atom is -0.478 e. The number of carbonyl (C=O) groups is 2. The van der Waals surface area contributed by atoms with E-state index in [-0.39, 0.29) is 6.08 Å². The first-order valence-corrected chi connectivity index (χ1v) is 6.82. The molecular formula is C12H4F16O4. The average molecular weight is 516 g/mol. The van der Waals surface area contributed by atoms with E-state index in [2.05, 4.69) is 4.74 Å². The van der Waals surface area contributed by atoms with Gasteiger partial charge in [-0.3, -0.25) is 0 Å². The van der Waals surface area contributed by atoms with Gasteiger partial charge in [-0.2, -0.15) is 70.2 Å². The number of carboxylic acid groups (broad SMARTS) is 1. The summed E-state index contributed by atoms with van der Waals surface area (Å²) in [6, 6.07) is 0.